The zero-order valence-corrected chi connectivity index (χ0v) is 14.5. The first-order chi connectivity index (χ1) is 12.0. The molecule has 1 aromatic heterocycles. The number of carbonyl (C=O) groups is 1. The molecule has 0 aliphatic heterocycles. The van der Waals surface area contributed by atoms with E-state index in [1.807, 2.05) is 24.3 Å². The molecule has 1 N–H and O–H groups in total. The number of rotatable bonds is 3. The molecule has 2 aromatic carbocycles. The lowest BCUT2D eigenvalue weighted by Gasteiger charge is -2.43. The molecular weight excluding hydrogens is 340 g/mol. The Bertz CT molecular complexity index is 1030. The molecule has 5 nitrogen and oxygen atoms in total. The van der Waals surface area contributed by atoms with E-state index in [0.29, 0.717) is 16.1 Å². The van der Waals surface area contributed by atoms with Crippen molar-refractivity contribution < 1.29 is 9.53 Å². The summed E-state index contributed by atoms with van der Waals surface area (Å²) in [6.07, 6.45) is 2.70. The van der Waals surface area contributed by atoms with Crippen molar-refractivity contribution in [1.82, 2.24) is 9.55 Å². The molecular formula is C19H17ClN2O3. The van der Waals surface area contributed by atoms with E-state index in [-0.39, 0.29) is 11.7 Å². The van der Waals surface area contributed by atoms with Gasteiger partial charge in [-0.1, -0.05) is 23.7 Å². The zero-order chi connectivity index (χ0) is 17.6. The molecule has 1 aliphatic rings. The Morgan fingerprint density at radius 2 is 2.04 bits per heavy atom. The fourth-order valence-corrected chi connectivity index (χ4v) is 3.89. The molecule has 128 valence electrons. The van der Waals surface area contributed by atoms with Crippen LogP contribution in [0.25, 0.3) is 11.0 Å². The third-order valence-electron chi connectivity index (χ3n) is 5.07. The Morgan fingerprint density at radius 3 is 2.72 bits per heavy atom. The number of imidazole rings is 1. The summed E-state index contributed by atoms with van der Waals surface area (Å²) in [5.41, 5.74) is 2.35. The summed E-state index contributed by atoms with van der Waals surface area (Å²) in [5.74, 6) is -0.380. The van der Waals surface area contributed by atoms with E-state index < -0.39 is 5.54 Å². The van der Waals surface area contributed by atoms with Crippen LogP contribution in [0, 0.1) is 0 Å². The monoisotopic (exact) mass is 356 g/mol. The second kappa shape index (κ2) is 5.77. The van der Waals surface area contributed by atoms with Gasteiger partial charge in [0, 0.05) is 5.02 Å². The molecule has 1 fully saturated rings. The van der Waals surface area contributed by atoms with Crippen LogP contribution in [0.2, 0.25) is 5.02 Å². The number of hydrogen-bond acceptors (Lipinski definition) is 3. The van der Waals surface area contributed by atoms with Crippen LogP contribution < -0.4 is 5.69 Å². The fourth-order valence-electron chi connectivity index (χ4n) is 3.72. The molecule has 6 heteroatoms. The molecule has 0 radical (unpaired) electrons. The number of methoxy groups -OCH3 is 1. The first kappa shape index (κ1) is 16.0. The van der Waals surface area contributed by atoms with Gasteiger partial charge in [-0.3, -0.25) is 4.57 Å². The van der Waals surface area contributed by atoms with E-state index in [0.717, 1.165) is 30.3 Å². The lowest BCUT2D eigenvalue weighted by molar-refractivity contribution is 0.0600. The predicted molar refractivity (Wildman–Crippen MR) is 96.3 cm³/mol. The van der Waals surface area contributed by atoms with Crippen molar-refractivity contribution in [3.8, 4) is 0 Å². The summed E-state index contributed by atoms with van der Waals surface area (Å²) in [5, 5.41) is 0.580. The molecule has 0 spiro atoms. The van der Waals surface area contributed by atoms with Crippen molar-refractivity contribution in [2.24, 2.45) is 0 Å². The second-order valence-corrected chi connectivity index (χ2v) is 6.82. The largest absolute Gasteiger partial charge is 0.465 e. The molecule has 1 aliphatic carbocycles. The van der Waals surface area contributed by atoms with Gasteiger partial charge in [0.1, 0.15) is 0 Å². The highest BCUT2D eigenvalue weighted by Crippen LogP contribution is 2.45. The summed E-state index contributed by atoms with van der Waals surface area (Å²) in [6.45, 7) is 0. The quantitative estimate of drug-likeness (QED) is 0.728. The van der Waals surface area contributed by atoms with Crippen molar-refractivity contribution in [1.29, 1.82) is 0 Å². The maximum atomic E-state index is 12.7. The van der Waals surface area contributed by atoms with Crippen LogP contribution in [0.3, 0.4) is 0 Å². The lowest BCUT2D eigenvalue weighted by Crippen LogP contribution is -2.46. The third kappa shape index (κ3) is 2.38. The SMILES string of the molecule is COC(=O)c1cccc(C2(n3c(=O)[nH]c4cc(Cl)ccc43)CCC2)c1. The van der Waals surface area contributed by atoms with Crippen LogP contribution in [0.15, 0.2) is 47.3 Å². The second-order valence-electron chi connectivity index (χ2n) is 6.38. The van der Waals surface area contributed by atoms with Crippen LogP contribution in [-0.4, -0.2) is 22.6 Å². The summed E-state index contributed by atoms with van der Waals surface area (Å²) < 4.78 is 6.63. The van der Waals surface area contributed by atoms with E-state index >= 15 is 0 Å². The molecule has 3 aromatic rings. The van der Waals surface area contributed by atoms with Crippen LogP contribution in [0.1, 0.15) is 35.2 Å². The number of aromatic nitrogens is 2. The highest BCUT2D eigenvalue weighted by Gasteiger charge is 2.43. The average Bonchev–Trinajstić information content (AvgIpc) is 2.89. The normalized spacial score (nSPS) is 15.8. The Labute approximate surface area is 149 Å². The summed E-state index contributed by atoms with van der Waals surface area (Å²) in [7, 11) is 1.36. The van der Waals surface area contributed by atoms with Crippen LogP contribution in [0.5, 0.6) is 0 Å². The zero-order valence-electron chi connectivity index (χ0n) is 13.7. The first-order valence-corrected chi connectivity index (χ1v) is 8.52. The number of nitrogens with zero attached hydrogens (tertiary/aromatic N) is 1. The number of benzene rings is 2. The highest BCUT2D eigenvalue weighted by molar-refractivity contribution is 6.31. The minimum Gasteiger partial charge on any atom is -0.465 e. The maximum absolute atomic E-state index is 12.7. The number of hydrogen-bond donors (Lipinski definition) is 1. The number of carbonyl (C=O) groups excluding carboxylic acids is 1. The number of halogens is 1. The number of fused-ring (bicyclic) bond motifs is 1. The minimum atomic E-state index is -0.451. The standard InChI is InChI=1S/C19H17ClN2O3/c1-25-17(23)12-4-2-5-13(10-12)19(8-3-9-19)22-16-7-6-14(20)11-15(16)21-18(22)24/h2,4-7,10-11H,3,8-9H2,1H3,(H,21,24). The molecule has 25 heavy (non-hydrogen) atoms. The third-order valence-corrected chi connectivity index (χ3v) is 5.31. The topological polar surface area (TPSA) is 64.1 Å². The molecule has 0 atom stereocenters. The molecule has 1 heterocycles. The summed E-state index contributed by atoms with van der Waals surface area (Å²) >= 11 is 6.05. The van der Waals surface area contributed by atoms with Crippen LogP contribution >= 0.6 is 11.6 Å². The number of aromatic amines is 1. The Hall–Kier alpha value is -2.53. The number of ether oxygens (including phenoxy) is 1. The molecule has 1 saturated carbocycles. The van der Waals surface area contributed by atoms with Gasteiger partial charge < -0.3 is 9.72 Å². The molecule has 0 amide bonds. The van der Waals surface area contributed by atoms with Gasteiger partial charge in [0.15, 0.2) is 0 Å². The smallest absolute Gasteiger partial charge is 0.337 e. The lowest BCUT2D eigenvalue weighted by atomic mass is 9.71. The van der Waals surface area contributed by atoms with Gasteiger partial charge in [-0.15, -0.1) is 0 Å². The van der Waals surface area contributed by atoms with Crippen molar-refractivity contribution in [2.75, 3.05) is 7.11 Å². The van der Waals surface area contributed by atoms with Gasteiger partial charge in [0.05, 0.1) is 29.2 Å². The molecule has 0 unspecified atom stereocenters. The predicted octanol–water partition coefficient (Wildman–Crippen LogP) is 3.70. The van der Waals surface area contributed by atoms with E-state index in [9.17, 15) is 9.59 Å². The molecule has 4 rings (SSSR count). The highest BCUT2D eigenvalue weighted by atomic mass is 35.5. The molecule has 0 saturated heterocycles. The van der Waals surface area contributed by atoms with Crippen LogP contribution in [-0.2, 0) is 10.3 Å². The number of H-pyrrole nitrogens is 1. The van der Waals surface area contributed by atoms with Gasteiger partial charge in [-0.2, -0.15) is 0 Å². The van der Waals surface area contributed by atoms with Crippen molar-refractivity contribution in [3.05, 3.63) is 69.1 Å². The molecule has 0 bridgehead atoms. The van der Waals surface area contributed by atoms with Crippen molar-refractivity contribution >= 4 is 28.6 Å². The van der Waals surface area contributed by atoms with Crippen molar-refractivity contribution in [2.45, 2.75) is 24.8 Å². The van der Waals surface area contributed by atoms with Gasteiger partial charge >= 0.3 is 11.7 Å². The Morgan fingerprint density at radius 1 is 1.24 bits per heavy atom. The number of nitrogens with one attached hydrogen (secondary N) is 1. The Balaban J connectivity index is 1.92. The number of esters is 1. The fraction of sp³-hybridized carbons (Fsp3) is 0.263. The van der Waals surface area contributed by atoms with Gasteiger partial charge in [-0.25, -0.2) is 9.59 Å². The van der Waals surface area contributed by atoms with Gasteiger partial charge in [0.2, 0.25) is 0 Å². The van der Waals surface area contributed by atoms with E-state index in [4.69, 9.17) is 16.3 Å². The first-order valence-electron chi connectivity index (χ1n) is 8.15. The average molecular weight is 357 g/mol. The van der Waals surface area contributed by atoms with Crippen LogP contribution in [0.4, 0.5) is 0 Å². The Kier molecular flexibility index (Phi) is 3.69. The van der Waals surface area contributed by atoms with Gasteiger partial charge in [0.25, 0.3) is 0 Å². The summed E-state index contributed by atoms with van der Waals surface area (Å²) in [4.78, 5) is 27.5. The maximum Gasteiger partial charge on any atom is 0.337 e. The van der Waals surface area contributed by atoms with E-state index in [2.05, 4.69) is 4.98 Å². The summed E-state index contributed by atoms with van der Waals surface area (Å²) in [6, 6.07) is 12.7. The van der Waals surface area contributed by atoms with Crippen molar-refractivity contribution in [3.63, 3.8) is 0 Å². The van der Waals surface area contributed by atoms with Gasteiger partial charge in [-0.05, 0) is 55.2 Å². The van der Waals surface area contributed by atoms with E-state index in [1.165, 1.54) is 7.11 Å². The minimum absolute atomic E-state index is 0.166. The van der Waals surface area contributed by atoms with E-state index in [1.54, 1.807) is 22.8 Å².